The van der Waals surface area contributed by atoms with Crippen LogP contribution >= 0.6 is 12.6 Å². The third kappa shape index (κ3) is 2.25. The lowest BCUT2D eigenvalue weighted by Gasteiger charge is -2.06. The summed E-state index contributed by atoms with van der Waals surface area (Å²) in [5.41, 5.74) is 1.02. The first-order chi connectivity index (χ1) is 9.65. The maximum Gasteiger partial charge on any atom is 0.269 e. The van der Waals surface area contributed by atoms with Gasteiger partial charge in [0.2, 0.25) is 0 Å². The van der Waals surface area contributed by atoms with E-state index in [0.717, 1.165) is 5.39 Å². The van der Waals surface area contributed by atoms with E-state index in [-0.39, 0.29) is 11.6 Å². The number of aromatic hydroxyl groups is 1. The highest BCUT2D eigenvalue weighted by Gasteiger charge is 2.10. The molecular formula is C14H11N3O2S. The van der Waals surface area contributed by atoms with Gasteiger partial charge in [0.25, 0.3) is 5.88 Å². The first-order valence-corrected chi connectivity index (χ1v) is 6.38. The zero-order valence-electron chi connectivity index (χ0n) is 10.6. The van der Waals surface area contributed by atoms with E-state index in [1.54, 1.807) is 13.0 Å². The third-order valence-corrected chi connectivity index (χ3v) is 3.18. The molecule has 0 unspecified atom stereocenters. The van der Waals surface area contributed by atoms with Crippen LogP contribution in [0.25, 0.3) is 10.8 Å². The lowest BCUT2D eigenvalue weighted by atomic mass is 10.1. The molecule has 5 nitrogen and oxygen atoms in total. The molecule has 1 heterocycles. The first kappa shape index (κ1) is 12.7. The van der Waals surface area contributed by atoms with Gasteiger partial charge in [-0.2, -0.15) is 0 Å². The van der Waals surface area contributed by atoms with Crippen LogP contribution in [0.2, 0.25) is 0 Å². The molecule has 1 N–H and O–H groups in total. The molecule has 0 fully saturated rings. The fraction of sp³-hybridized carbons (Fsp3) is 0.0714. The summed E-state index contributed by atoms with van der Waals surface area (Å²) in [6, 6.07) is 10.9. The van der Waals surface area contributed by atoms with E-state index >= 15 is 0 Å². The number of hydrogen-bond donors (Lipinski definition) is 2. The van der Waals surface area contributed by atoms with Crippen LogP contribution in [0.5, 0.6) is 5.75 Å². The molecule has 0 aliphatic rings. The Morgan fingerprint density at radius 2 is 2.00 bits per heavy atom. The van der Waals surface area contributed by atoms with Gasteiger partial charge in [-0.15, -0.1) is 22.9 Å². The Labute approximate surface area is 120 Å². The second-order valence-electron chi connectivity index (χ2n) is 4.32. The third-order valence-electron chi connectivity index (χ3n) is 2.84. The van der Waals surface area contributed by atoms with Gasteiger partial charge in [0.05, 0.1) is 5.69 Å². The lowest BCUT2D eigenvalue weighted by molar-refractivity contribution is 0.422. The van der Waals surface area contributed by atoms with E-state index in [4.69, 9.17) is 4.52 Å². The fourth-order valence-electron chi connectivity index (χ4n) is 1.90. The van der Waals surface area contributed by atoms with Crippen molar-refractivity contribution in [3.8, 4) is 5.75 Å². The van der Waals surface area contributed by atoms with Gasteiger partial charge in [-0.1, -0.05) is 29.4 Å². The van der Waals surface area contributed by atoms with Gasteiger partial charge in [-0.05, 0) is 18.4 Å². The maximum absolute atomic E-state index is 10.3. The number of phenols is 1. The van der Waals surface area contributed by atoms with Crippen molar-refractivity contribution in [2.75, 3.05) is 0 Å². The highest BCUT2D eigenvalue weighted by molar-refractivity contribution is 7.80. The topological polar surface area (TPSA) is 71.0 Å². The summed E-state index contributed by atoms with van der Waals surface area (Å²) in [6.07, 6.45) is 0. The molecule has 0 amide bonds. The smallest absolute Gasteiger partial charge is 0.269 e. The Balaban J connectivity index is 2.09. The Hall–Kier alpha value is -2.34. The monoisotopic (exact) mass is 285 g/mol. The van der Waals surface area contributed by atoms with Crippen molar-refractivity contribution in [2.45, 2.75) is 11.8 Å². The SMILES string of the molecule is Cc1cc(/N=N/c2c(S)cc3ccccc3c2O)on1. The number of azo groups is 1. The molecule has 6 heteroatoms. The molecule has 0 atom stereocenters. The van der Waals surface area contributed by atoms with Crippen molar-refractivity contribution in [1.29, 1.82) is 0 Å². The molecule has 20 heavy (non-hydrogen) atoms. The summed E-state index contributed by atoms with van der Waals surface area (Å²) in [4.78, 5) is 0.543. The highest BCUT2D eigenvalue weighted by atomic mass is 32.1. The minimum atomic E-state index is 0.0492. The summed E-state index contributed by atoms with van der Waals surface area (Å²) >= 11 is 4.34. The molecular weight excluding hydrogens is 274 g/mol. The Morgan fingerprint density at radius 1 is 1.20 bits per heavy atom. The van der Waals surface area contributed by atoms with Gasteiger partial charge in [-0.3, -0.25) is 0 Å². The standard InChI is InChI=1S/C14H11N3O2S/c1-8-6-12(19-17-8)15-16-13-11(20)7-9-4-2-3-5-10(9)14(13)18/h2-7,18,20H,1H3/b16-15+. The van der Waals surface area contributed by atoms with Crippen molar-refractivity contribution in [3.63, 3.8) is 0 Å². The van der Waals surface area contributed by atoms with E-state index in [1.165, 1.54) is 0 Å². The van der Waals surface area contributed by atoms with Gasteiger partial charge < -0.3 is 9.63 Å². The van der Waals surface area contributed by atoms with Crippen LogP contribution in [0, 0.1) is 6.92 Å². The van der Waals surface area contributed by atoms with E-state index in [2.05, 4.69) is 28.0 Å². The van der Waals surface area contributed by atoms with Crippen molar-refractivity contribution < 1.29 is 9.63 Å². The van der Waals surface area contributed by atoms with E-state index < -0.39 is 0 Å². The average Bonchev–Trinajstić information content (AvgIpc) is 2.84. The molecule has 100 valence electrons. The maximum atomic E-state index is 10.3. The molecule has 0 saturated carbocycles. The van der Waals surface area contributed by atoms with E-state index in [1.807, 2.05) is 30.3 Å². The molecule has 0 aliphatic carbocycles. The normalized spacial score (nSPS) is 11.5. The Bertz CT molecular complexity index is 811. The predicted molar refractivity (Wildman–Crippen MR) is 78.3 cm³/mol. The van der Waals surface area contributed by atoms with Crippen LogP contribution < -0.4 is 0 Å². The first-order valence-electron chi connectivity index (χ1n) is 5.94. The molecule has 0 aliphatic heterocycles. The van der Waals surface area contributed by atoms with Crippen LogP contribution in [-0.2, 0) is 0 Å². The number of nitrogens with zero attached hydrogens (tertiary/aromatic N) is 3. The van der Waals surface area contributed by atoms with Gasteiger partial charge in [0, 0.05) is 16.3 Å². The molecule has 0 spiro atoms. The summed E-state index contributed by atoms with van der Waals surface area (Å²) in [6.45, 7) is 1.79. The molecule has 3 aromatic rings. The zero-order valence-corrected chi connectivity index (χ0v) is 11.5. The second kappa shape index (κ2) is 4.97. The van der Waals surface area contributed by atoms with E-state index in [0.29, 0.717) is 21.7 Å². The molecule has 0 bridgehead atoms. The largest absolute Gasteiger partial charge is 0.505 e. The van der Waals surface area contributed by atoms with Crippen LogP contribution in [0.4, 0.5) is 11.6 Å². The van der Waals surface area contributed by atoms with Gasteiger partial charge in [0.1, 0.15) is 5.69 Å². The molecule has 0 saturated heterocycles. The summed E-state index contributed by atoms with van der Waals surface area (Å²) in [5, 5.41) is 23.5. The van der Waals surface area contributed by atoms with E-state index in [9.17, 15) is 5.11 Å². The fourth-order valence-corrected chi connectivity index (χ4v) is 2.19. The zero-order chi connectivity index (χ0) is 14.1. The van der Waals surface area contributed by atoms with Gasteiger partial charge in [-0.25, -0.2) is 0 Å². The Morgan fingerprint density at radius 3 is 2.75 bits per heavy atom. The lowest BCUT2D eigenvalue weighted by Crippen LogP contribution is -1.77. The number of benzene rings is 2. The van der Waals surface area contributed by atoms with Crippen LogP contribution in [0.15, 0.2) is 56.0 Å². The number of rotatable bonds is 2. The summed E-state index contributed by atoms with van der Waals surface area (Å²) in [7, 11) is 0. The minimum Gasteiger partial charge on any atom is -0.505 e. The quantitative estimate of drug-likeness (QED) is 0.536. The summed E-state index contributed by atoms with van der Waals surface area (Å²) < 4.78 is 4.94. The Kier molecular flexibility index (Phi) is 3.15. The van der Waals surface area contributed by atoms with Crippen LogP contribution in [0.1, 0.15) is 5.69 Å². The number of aryl methyl sites for hydroxylation is 1. The number of aromatic nitrogens is 1. The minimum absolute atomic E-state index is 0.0492. The molecule has 3 rings (SSSR count). The predicted octanol–water partition coefficient (Wildman–Crippen LogP) is 4.55. The van der Waals surface area contributed by atoms with Crippen molar-refractivity contribution in [3.05, 3.63) is 42.1 Å². The number of thiol groups is 1. The van der Waals surface area contributed by atoms with Crippen molar-refractivity contribution in [2.24, 2.45) is 10.2 Å². The average molecular weight is 285 g/mol. The van der Waals surface area contributed by atoms with Gasteiger partial charge in [0.15, 0.2) is 5.75 Å². The number of hydrogen-bond acceptors (Lipinski definition) is 6. The number of phenolic OH excluding ortho intramolecular Hbond substituents is 1. The van der Waals surface area contributed by atoms with Crippen molar-refractivity contribution >= 4 is 35.0 Å². The van der Waals surface area contributed by atoms with Crippen LogP contribution in [0.3, 0.4) is 0 Å². The molecule has 1 aromatic heterocycles. The van der Waals surface area contributed by atoms with Crippen LogP contribution in [-0.4, -0.2) is 10.3 Å². The van der Waals surface area contributed by atoms with Crippen molar-refractivity contribution in [1.82, 2.24) is 5.16 Å². The second-order valence-corrected chi connectivity index (χ2v) is 4.80. The number of fused-ring (bicyclic) bond motifs is 1. The summed E-state index contributed by atoms with van der Waals surface area (Å²) in [5.74, 6) is 0.330. The van der Waals surface area contributed by atoms with Gasteiger partial charge >= 0.3 is 0 Å². The molecule has 0 radical (unpaired) electrons. The molecule has 2 aromatic carbocycles. The highest BCUT2D eigenvalue weighted by Crippen LogP contribution is 2.40.